The van der Waals surface area contributed by atoms with Crippen LogP contribution in [-0.2, 0) is 7.05 Å². The molecule has 8 rings (SSSR count). The molecule has 0 fully saturated rings. The summed E-state index contributed by atoms with van der Waals surface area (Å²) in [6, 6.07) is 41.1. The van der Waals surface area contributed by atoms with E-state index in [4.69, 9.17) is 14.7 Å². The van der Waals surface area contributed by atoms with Gasteiger partial charge in [0, 0.05) is 18.7 Å². The largest absolute Gasteiger partial charge is 0.457 e. The standard InChI is InChI=1S/C33H23N5O/c1-36-28-16-4-2-14-26(28)34-32(36)22-10-8-12-24(20-22)39-25-13-9-11-23(21-25)37-30-18-6-7-19-31(30)38-29-17-5-3-15-27(29)35-33(37)38/h2-21H,1H3. The molecule has 0 aliphatic heterocycles. The SMILES string of the molecule is Cn1c(-c2cccc(Oc3cccc(-n4c5ccccc5n5c6ccccc6nc45)c3)c2)nc2ccccc21. The highest BCUT2D eigenvalue weighted by Gasteiger charge is 2.17. The number of ether oxygens (including phenoxy) is 1. The Morgan fingerprint density at radius 2 is 1.21 bits per heavy atom. The van der Waals surface area contributed by atoms with Crippen molar-refractivity contribution in [3.05, 3.63) is 121 Å². The second-order valence-corrected chi connectivity index (χ2v) is 9.67. The van der Waals surface area contributed by atoms with Gasteiger partial charge in [0.2, 0.25) is 5.78 Å². The summed E-state index contributed by atoms with van der Waals surface area (Å²) in [5.74, 6) is 3.29. The van der Waals surface area contributed by atoms with Crippen molar-refractivity contribution >= 4 is 38.9 Å². The van der Waals surface area contributed by atoms with Crippen molar-refractivity contribution < 1.29 is 4.74 Å². The molecule has 0 radical (unpaired) electrons. The Bertz CT molecular complexity index is 2180. The molecular weight excluding hydrogens is 482 g/mol. The van der Waals surface area contributed by atoms with Gasteiger partial charge in [0.05, 0.1) is 38.8 Å². The van der Waals surface area contributed by atoms with Gasteiger partial charge in [-0.25, -0.2) is 9.97 Å². The lowest BCUT2D eigenvalue weighted by atomic mass is 10.2. The smallest absolute Gasteiger partial charge is 0.220 e. The summed E-state index contributed by atoms with van der Waals surface area (Å²) in [7, 11) is 2.04. The molecule has 8 aromatic rings. The predicted octanol–water partition coefficient (Wildman–Crippen LogP) is 7.78. The van der Waals surface area contributed by atoms with E-state index < -0.39 is 0 Å². The van der Waals surface area contributed by atoms with Crippen molar-refractivity contribution in [2.75, 3.05) is 0 Å². The number of hydrogen-bond donors (Lipinski definition) is 0. The summed E-state index contributed by atoms with van der Waals surface area (Å²) >= 11 is 0. The van der Waals surface area contributed by atoms with Crippen LogP contribution >= 0.6 is 0 Å². The van der Waals surface area contributed by atoms with Crippen LogP contribution in [0.1, 0.15) is 0 Å². The van der Waals surface area contributed by atoms with Crippen LogP contribution in [0.4, 0.5) is 0 Å². The van der Waals surface area contributed by atoms with Gasteiger partial charge in [-0.05, 0) is 60.7 Å². The van der Waals surface area contributed by atoms with E-state index in [9.17, 15) is 0 Å². The highest BCUT2D eigenvalue weighted by atomic mass is 16.5. The fourth-order valence-corrected chi connectivity index (χ4v) is 5.53. The Hall–Kier alpha value is -5.36. The first-order valence-electron chi connectivity index (χ1n) is 12.9. The summed E-state index contributed by atoms with van der Waals surface area (Å²) in [6.07, 6.45) is 0. The first kappa shape index (κ1) is 21.7. The van der Waals surface area contributed by atoms with Crippen LogP contribution in [0.5, 0.6) is 11.5 Å². The molecule has 0 aliphatic carbocycles. The van der Waals surface area contributed by atoms with Crippen molar-refractivity contribution in [1.29, 1.82) is 0 Å². The van der Waals surface area contributed by atoms with E-state index in [1.807, 2.05) is 61.6 Å². The average Bonchev–Trinajstić information content (AvgIpc) is 3.62. The maximum atomic E-state index is 6.40. The molecular formula is C33H23N5O. The molecule has 6 nitrogen and oxygen atoms in total. The molecule has 0 unspecified atom stereocenters. The zero-order chi connectivity index (χ0) is 25.9. The molecule has 39 heavy (non-hydrogen) atoms. The van der Waals surface area contributed by atoms with Gasteiger partial charge in [0.1, 0.15) is 17.3 Å². The van der Waals surface area contributed by atoms with Crippen LogP contribution in [-0.4, -0.2) is 23.5 Å². The predicted molar refractivity (Wildman–Crippen MR) is 156 cm³/mol. The number of aryl methyl sites for hydroxylation is 1. The third kappa shape index (κ3) is 3.35. The summed E-state index contributed by atoms with van der Waals surface area (Å²) < 4.78 is 12.9. The number of benzene rings is 5. The van der Waals surface area contributed by atoms with Crippen molar-refractivity contribution in [1.82, 2.24) is 23.5 Å². The van der Waals surface area contributed by atoms with Gasteiger partial charge in [0.15, 0.2) is 0 Å². The Labute approximate surface area is 224 Å². The molecule has 186 valence electrons. The van der Waals surface area contributed by atoms with Crippen LogP contribution in [0.15, 0.2) is 121 Å². The Morgan fingerprint density at radius 3 is 2.00 bits per heavy atom. The summed E-state index contributed by atoms with van der Waals surface area (Å²) in [4.78, 5) is 9.84. The minimum atomic E-state index is 0.752. The molecule has 3 heterocycles. The number of imidazole rings is 3. The van der Waals surface area contributed by atoms with Gasteiger partial charge in [-0.3, -0.25) is 8.97 Å². The van der Waals surface area contributed by atoms with Crippen LogP contribution in [0, 0.1) is 0 Å². The third-order valence-electron chi connectivity index (χ3n) is 7.30. The van der Waals surface area contributed by atoms with Gasteiger partial charge in [-0.1, -0.05) is 54.6 Å². The van der Waals surface area contributed by atoms with Crippen molar-refractivity contribution in [2.45, 2.75) is 0 Å². The number of para-hydroxylation sites is 6. The summed E-state index contributed by atoms with van der Waals surface area (Å²) in [5.41, 5.74) is 8.33. The van der Waals surface area contributed by atoms with Crippen LogP contribution in [0.3, 0.4) is 0 Å². The molecule has 0 spiro atoms. The molecule has 0 saturated heterocycles. The number of fused-ring (bicyclic) bond motifs is 6. The highest BCUT2D eigenvalue weighted by molar-refractivity contribution is 5.92. The molecule has 0 bridgehead atoms. The van der Waals surface area contributed by atoms with Crippen LogP contribution < -0.4 is 4.74 Å². The molecule has 0 aliphatic rings. The van der Waals surface area contributed by atoms with E-state index in [1.54, 1.807) is 0 Å². The van der Waals surface area contributed by atoms with E-state index >= 15 is 0 Å². The Balaban J connectivity index is 1.21. The van der Waals surface area contributed by atoms with Gasteiger partial charge >= 0.3 is 0 Å². The zero-order valence-corrected chi connectivity index (χ0v) is 21.2. The first-order chi connectivity index (χ1) is 19.2. The van der Waals surface area contributed by atoms with Crippen molar-refractivity contribution in [3.63, 3.8) is 0 Å². The summed E-state index contributed by atoms with van der Waals surface area (Å²) in [5, 5.41) is 0. The van der Waals surface area contributed by atoms with Crippen LogP contribution in [0.25, 0.3) is 56.0 Å². The van der Waals surface area contributed by atoms with E-state index in [0.717, 1.165) is 67.5 Å². The quantitative estimate of drug-likeness (QED) is 0.245. The second-order valence-electron chi connectivity index (χ2n) is 9.67. The second kappa shape index (κ2) is 8.33. The molecule has 0 amide bonds. The van der Waals surface area contributed by atoms with E-state index in [0.29, 0.717) is 0 Å². The Kier molecular flexibility index (Phi) is 4.63. The highest BCUT2D eigenvalue weighted by Crippen LogP contribution is 2.32. The molecule has 3 aromatic heterocycles. The fourth-order valence-electron chi connectivity index (χ4n) is 5.53. The number of hydrogen-bond acceptors (Lipinski definition) is 3. The first-order valence-corrected chi connectivity index (χ1v) is 12.9. The topological polar surface area (TPSA) is 49.3 Å². The molecule has 5 aromatic carbocycles. The minimum absolute atomic E-state index is 0.752. The van der Waals surface area contributed by atoms with Gasteiger partial charge in [-0.2, -0.15) is 0 Å². The monoisotopic (exact) mass is 505 g/mol. The number of aromatic nitrogens is 5. The lowest BCUT2D eigenvalue weighted by molar-refractivity contribution is 0.482. The van der Waals surface area contributed by atoms with Gasteiger partial charge in [-0.15, -0.1) is 0 Å². The van der Waals surface area contributed by atoms with E-state index in [2.05, 4.69) is 80.3 Å². The maximum Gasteiger partial charge on any atom is 0.220 e. The third-order valence-corrected chi connectivity index (χ3v) is 7.30. The van der Waals surface area contributed by atoms with Gasteiger partial charge < -0.3 is 9.30 Å². The maximum absolute atomic E-state index is 6.40. The fraction of sp³-hybridized carbons (Fsp3) is 0.0303. The zero-order valence-electron chi connectivity index (χ0n) is 21.2. The van der Waals surface area contributed by atoms with Gasteiger partial charge in [0.25, 0.3) is 0 Å². The number of nitrogens with zero attached hydrogens (tertiary/aromatic N) is 5. The Morgan fingerprint density at radius 1 is 0.564 bits per heavy atom. The molecule has 0 N–H and O–H groups in total. The molecule has 6 heteroatoms. The normalized spacial score (nSPS) is 11.7. The number of rotatable bonds is 4. The molecule has 0 atom stereocenters. The van der Waals surface area contributed by atoms with E-state index in [-0.39, 0.29) is 0 Å². The average molecular weight is 506 g/mol. The van der Waals surface area contributed by atoms with Crippen molar-refractivity contribution in [3.8, 4) is 28.6 Å². The van der Waals surface area contributed by atoms with Crippen molar-refractivity contribution in [2.24, 2.45) is 7.05 Å². The lowest BCUT2D eigenvalue weighted by Gasteiger charge is -2.11. The summed E-state index contributed by atoms with van der Waals surface area (Å²) in [6.45, 7) is 0. The minimum Gasteiger partial charge on any atom is -0.457 e. The molecule has 0 saturated carbocycles. The van der Waals surface area contributed by atoms with E-state index in [1.165, 1.54) is 0 Å². The lowest BCUT2D eigenvalue weighted by Crippen LogP contribution is -1.96. The van der Waals surface area contributed by atoms with Crippen LogP contribution in [0.2, 0.25) is 0 Å².